The Labute approximate surface area is 168 Å². The Morgan fingerprint density at radius 2 is 2.10 bits per heavy atom. The van der Waals surface area contributed by atoms with Gasteiger partial charge in [-0.3, -0.25) is 14.4 Å². The van der Waals surface area contributed by atoms with Gasteiger partial charge >= 0.3 is 17.9 Å². The third-order valence-corrected chi connectivity index (χ3v) is 7.73. The maximum atomic E-state index is 13.1. The molecule has 29 heavy (non-hydrogen) atoms. The number of rotatable bonds is 2. The average Bonchev–Trinajstić information content (AvgIpc) is 3.32. The summed E-state index contributed by atoms with van der Waals surface area (Å²) in [4.78, 5) is 37.6. The van der Waals surface area contributed by atoms with Crippen LogP contribution in [-0.4, -0.2) is 30.6 Å². The van der Waals surface area contributed by atoms with Gasteiger partial charge < -0.3 is 18.6 Å². The highest BCUT2D eigenvalue weighted by atomic mass is 16.6. The van der Waals surface area contributed by atoms with E-state index in [2.05, 4.69) is 0 Å². The summed E-state index contributed by atoms with van der Waals surface area (Å²) in [6.07, 6.45) is 7.53. The maximum Gasteiger partial charge on any atom is 0.313 e. The summed E-state index contributed by atoms with van der Waals surface area (Å²) in [5.41, 5.74) is -0.419. The fraction of sp³-hybridized carbons (Fsp3) is 0.591. The standard InChI is InChI=1S/C22H24O7/c1-12(23)28-18-17(13-7-9-26-10-13)29-20(25)14-6-8-22-11-27-19(24)15(22)4-3-5-16(22)21(14,18)2/h3-4,7,9-10,14-18H,5-6,8,11H2,1-2H3/t14-,15-,16+,17-,18-,21-,22+/m0/s1. The zero-order valence-electron chi connectivity index (χ0n) is 16.5. The maximum absolute atomic E-state index is 13.1. The van der Waals surface area contributed by atoms with Gasteiger partial charge in [0.05, 0.1) is 31.0 Å². The van der Waals surface area contributed by atoms with Crippen molar-refractivity contribution >= 4 is 17.9 Å². The smallest absolute Gasteiger partial charge is 0.313 e. The second-order valence-corrected chi connectivity index (χ2v) is 8.94. The normalized spacial score (nSPS) is 42.9. The molecule has 4 aliphatic rings. The van der Waals surface area contributed by atoms with Gasteiger partial charge in [0.2, 0.25) is 0 Å². The van der Waals surface area contributed by atoms with Crippen molar-refractivity contribution in [1.82, 2.24) is 0 Å². The number of ether oxygens (including phenoxy) is 3. The van der Waals surface area contributed by atoms with Gasteiger partial charge in [0.15, 0.2) is 6.10 Å². The Morgan fingerprint density at radius 3 is 2.83 bits per heavy atom. The molecule has 7 nitrogen and oxygen atoms in total. The van der Waals surface area contributed by atoms with Gasteiger partial charge in [-0.25, -0.2) is 0 Å². The number of allylic oxidation sites excluding steroid dienone is 1. The molecule has 1 aromatic rings. The van der Waals surface area contributed by atoms with Crippen LogP contribution in [0, 0.1) is 28.6 Å². The van der Waals surface area contributed by atoms with Crippen molar-refractivity contribution < 1.29 is 33.0 Å². The third-order valence-electron chi connectivity index (χ3n) is 7.73. The van der Waals surface area contributed by atoms with Crippen LogP contribution in [-0.2, 0) is 28.6 Å². The summed E-state index contributed by atoms with van der Waals surface area (Å²) in [6, 6.07) is 1.72. The fourth-order valence-corrected chi connectivity index (χ4v) is 6.45. The first-order valence-corrected chi connectivity index (χ1v) is 10.1. The van der Waals surface area contributed by atoms with Crippen LogP contribution in [0.4, 0.5) is 0 Å². The minimum atomic E-state index is -0.746. The quantitative estimate of drug-likeness (QED) is 0.428. The van der Waals surface area contributed by atoms with Gasteiger partial charge in [-0.2, -0.15) is 0 Å². The Kier molecular flexibility index (Phi) is 3.95. The van der Waals surface area contributed by atoms with Gasteiger partial charge in [-0.05, 0) is 31.2 Å². The predicted octanol–water partition coefficient (Wildman–Crippen LogP) is 2.96. The lowest BCUT2D eigenvalue weighted by Gasteiger charge is -2.61. The van der Waals surface area contributed by atoms with Crippen molar-refractivity contribution in [3.63, 3.8) is 0 Å². The zero-order chi connectivity index (χ0) is 20.4. The molecule has 0 aromatic carbocycles. The summed E-state index contributed by atoms with van der Waals surface area (Å²) in [7, 11) is 0. The lowest BCUT2D eigenvalue weighted by molar-refractivity contribution is -0.240. The van der Waals surface area contributed by atoms with Crippen LogP contribution in [0.3, 0.4) is 0 Å². The monoisotopic (exact) mass is 400 g/mol. The lowest BCUT2D eigenvalue weighted by Crippen LogP contribution is -2.64. The van der Waals surface area contributed by atoms with Crippen molar-refractivity contribution in [2.45, 2.75) is 45.3 Å². The van der Waals surface area contributed by atoms with E-state index in [9.17, 15) is 14.4 Å². The number of cyclic esters (lactones) is 2. The van der Waals surface area contributed by atoms with Crippen LogP contribution in [0.5, 0.6) is 0 Å². The van der Waals surface area contributed by atoms with Crippen LogP contribution in [0.15, 0.2) is 35.2 Å². The van der Waals surface area contributed by atoms with Crippen molar-refractivity contribution in [2.24, 2.45) is 28.6 Å². The number of hydrogen-bond acceptors (Lipinski definition) is 7. The van der Waals surface area contributed by atoms with Crippen molar-refractivity contribution in [1.29, 1.82) is 0 Å². The number of fused-ring (bicyclic) bond motifs is 2. The molecular formula is C22H24O7. The molecule has 1 saturated carbocycles. The van der Waals surface area contributed by atoms with Crippen molar-refractivity contribution in [3.05, 3.63) is 36.3 Å². The molecule has 3 fully saturated rings. The molecule has 0 unspecified atom stereocenters. The SMILES string of the molecule is CC(=O)O[C@H]1[C@H](c2ccoc2)OC(=O)[C@@H]2CC[C@@]34COC(=O)[C@@H]3C=CC[C@@H]4[C@]21C. The molecule has 1 aromatic heterocycles. The molecule has 7 atom stereocenters. The van der Waals surface area contributed by atoms with Gasteiger partial charge in [0.1, 0.15) is 6.10 Å². The summed E-state index contributed by atoms with van der Waals surface area (Å²) in [5.74, 6) is -1.70. The molecular weight excluding hydrogens is 376 g/mol. The van der Waals surface area contributed by atoms with E-state index >= 15 is 0 Å². The Hall–Kier alpha value is -2.57. The van der Waals surface area contributed by atoms with Gasteiger partial charge in [-0.15, -0.1) is 0 Å². The highest BCUT2D eigenvalue weighted by molar-refractivity contribution is 5.80. The summed E-state index contributed by atoms with van der Waals surface area (Å²) in [5, 5.41) is 0. The molecule has 0 amide bonds. The van der Waals surface area contributed by atoms with Crippen LogP contribution in [0.1, 0.15) is 44.8 Å². The highest BCUT2D eigenvalue weighted by Crippen LogP contribution is 2.66. The Bertz CT molecular complexity index is 887. The first-order valence-electron chi connectivity index (χ1n) is 10.1. The predicted molar refractivity (Wildman–Crippen MR) is 98.1 cm³/mol. The van der Waals surface area contributed by atoms with Crippen LogP contribution in [0.25, 0.3) is 0 Å². The molecule has 2 saturated heterocycles. The highest BCUT2D eigenvalue weighted by Gasteiger charge is 2.70. The lowest BCUT2D eigenvalue weighted by atomic mass is 9.44. The molecule has 3 heterocycles. The number of carbonyl (C=O) groups excluding carboxylic acids is 3. The fourth-order valence-electron chi connectivity index (χ4n) is 6.45. The molecule has 2 aliphatic carbocycles. The van der Waals surface area contributed by atoms with Crippen molar-refractivity contribution in [2.75, 3.05) is 6.61 Å². The molecule has 2 aliphatic heterocycles. The number of furan rings is 1. The molecule has 0 radical (unpaired) electrons. The third kappa shape index (κ3) is 2.39. The van der Waals surface area contributed by atoms with Crippen LogP contribution < -0.4 is 0 Å². The average molecular weight is 400 g/mol. The molecule has 154 valence electrons. The second-order valence-electron chi connectivity index (χ2n) is 8.94. The Balaban J connectivity index is 1.65. The first kappa shape index (κ1) is 18.5. The largest absolute Gasteiger partial charge is 0.472 e. The van der Waals surface area contributed by atoms with E-state index in [1.807, 2.05) is 19.1 Å². The van der Waals surface area contributed by atoms with E-state index in [1.165, 1.54) is 19.5 Å². The summed E-state index contributed by atoms with van der Waals surface area (Å²) in [6.45, 7) is 3.72. The van der Waals surface area contributed by atoms with Gasteiger partial charge in [-0.1, -0.05) is 19.1 Å². The summed E-state index contributed by atoms with van der Waals surface area (Å²) >= 11 is 0. The molecule has 7 heteroatoms. The first-order chi connectivity index (χ1) is 13.9. The minimum Gasteiger partial charge on any atom is -0.472 e. The zero-order valence-corrected chi connectivity index (χ0v) is 16.5. The van der Waals surface area contributed by atoms with Crippen LogP contribution in [0.2, 0.25) is 0 Å². The minimum absolute atomic E-state index is 0.0539. The van der Waals surface area contributed by atoms with Crippen LogP contribution >= 0.6 is 0 Å². The topological polar surface area (TPSA) is 92.0 Å². The van der Waals surface area contributed by atoms with E-state index in [4.69, 9.17) is 18.6 Å². The number of esters is 3. The molecule has 1 spiro atoms. The number of carbonyl (C=O) groups is 3. The number of hydrogen-bond donors (Lipinski definition) is 0. The summed E-state index contributed by atoms with van der Waals surface area (Å²) < 4.78 is 22.4. The van der Waals surface area contributed by atoms with E-state index in [0.717, 1.165) is 0 Å². The van der Waals surface area contributed by atoms with E-state index < -0.39 is 29.5 Å². The van der Waals surface area contributed by atoms with E-state index in [-0.39, 0.29) is 29.2 Å². The second kappa shape index (κ2) is 6.21. The molecule has 5 rings (SSSR count). The molecule has 0 bridgehead atoms. The van der Waals surface area contributed by atoms with Gasteiger partial charge in [0, 0.05) is 23.3 Å². The van der Waals surface area contributed by atoms with E-state index in [0.29, 0.717) is 31.4 Å². The van der Waals surface area contributed by atoms with Gasteiger partial charge in [0.25, 0.3) is 0 Å². The molecule has 0 N–H and O–H groups in total. The Morgan fingerprint density at radius 1 is 1.28 bits per heavy atom. The van der Waals surface area contributed by atoms with Crippen molar-refractivity contribution in [3.8, 4) is 0 Å². The van der Waals surface area contributed by atoms with E-state index in [1.54, 1.807) is 6.07 Å².